The molecule has 1 aromatic heterocycles. The number of amides is 2. The van der Waals surface area contributed by atoms with Crippen molar-refractivity contribution in [2.24, 2.45) is 0 Å². The van der Waals surface area contributed by atoms with Crippen LogP contribution in [0.15, 0.2) is 11.6 Å². The summed E-state index contributed by atoms with van der Waals surface area (Å²) in [7, 11) is 0. The number of aromatic nitrogens is 1. The van der Waals surface area contributed by atoms with Gasteiger partial charge >= 0.3 is 6.09 Å². The second kappa shape index (κ2) is 9.03. The zero-order chi connectivity index (χ0) is 18.3. The third kappa shape index (κ3) is 6.89. The lowest BCUT2D eigenvalue weighted by Crippen LogP contribution is -2.36. The molecule has 0 atom stereocenters. The first-order valence-corrected chi connectivity index (χ1v) is 9.62. The second-order valence-corrected chi connectivity index (χ2v) is 7.94. The van der Waals surface area contributed by atoms with E-state index in [0.29, 0.717) is 19.4 Å². The highest BCUT2D eigenvalue weighted by atomic mass is 32.1. The molecule has 2 amide bonds. The maximum Gasteiger partial charge on any atom is 0.407 e. The van der Waals surface area contributed by atoms with Gasteiger partial charge < -0.3 is 19.9 Å². The Balaban J connectivity index is 1.66. The van der Waals surface area contributed by atoms with Gasteiger partial charge in [-0.05, 0) is 33.6 Å². The molecule has 0 saturated carbocycles. The van der Waals surface area contributed by atoms with Crippen LogP contribution in [0.1, 0.15) is 40.0 Å². The van der Waals surface area contributed by atoms with Gasteiger partial charge in [0, 0.05) is 50.7 Å². The molecule has 1 aliphatic rings. The van der Waals surface area contributed by atoms with Gasteiger partial charge in [-0.15, -0.1) is 11.3 Å². The van der Waals surface area contributed by atoms with E-state index in [2.05, 4.69) is 15.2 Å². The molecule has 0 aromatic carbocycles. The van der Waals surface area contributed by atoms with Crippen molar-refractivity contribution in [3.8, 4) is 0 Å². The molecule has 7 nitrogen and oxygen atoms in total. The molecular formula is C17H28N4O3S. The second-order valence-electron chi connectivity index (χ2n) is 7.07. The highest BCUT2D eigenvalue weighted by molar-refractivity contribution is 7.13. The monoisotopic (exact) mass is 368 g/mol. The van der Waals surface area contributed by atoms with E-state index in [0.717, 1.165) is 37.7 Å². The van der Waals surface area contributed by atoms with E-state index in [-0.39, 0.29) is 5.91 Å². The van der Waals surface area contributed by atoms with Crippen molar-refractivity contribution >= 4 is 28.5 Å². The molecular weight excluding hydrogens is 340 g/mol. The highest BCUT2D eigenvalue weighted by Crippen LogP contribution is 2.19. The Hall–Kier alpha value is -1.83. The van der Waals surface area contributed by atoms with Gasteiger partial charge in [0.25, 0.3) is 0 Å². The first-order valence-electron chi connectivity index (χ1n) is 8.74. The molecule has 0 radical (unpaired) electrons. The third-order valence-corrected chi connectivity index (χ3v) is 4.61. The molecule has 1 aliphatic heterocycles. The lowest BCUT2D eigenvalue weighted by molar-refractivity contribution is -0.131. The lowest BCUT2D eigenvalue weighted by Gasteiger charge is -2.22. The van der Waals surface area contributed by atoms with Gasteiger partial charge in [-0.3, -0.25) is 4.79 Å². The number of anilines is 1. The number of nitrogens with one attached hydrogen (secondary N) is 1. The van der Waals surface area contributed by atoms with E-state index in [9.17, 15) is 9.59 Å². The summed E-state index contributed by atoms with van der Waals surface area (Å²) in [6.07, 6.45) is 3.37. The van der Waals surface area contributed by atoms with Crippen molar-refractivity contribution in [2.45, 2.75) is 45.6 Å². The standard InChI is InChI=1S/C17H28N4O3S/c1-17(2,3)24-16(23)19-7-4-6-14(22)20-9-5-10-21(12-11-20)15-18-8-13-25-15/h8,13H,4-7,9-12H2,1-3H3,(H,19,23). The van der Waals surface area contributed by atoms with E-state index in [1.54, 1.807) is 11.3 Å². The Morgan fingerprint density at radius 1 is 1.28 bits per heavy atom. The van der Waals surface area contributed by atoms with Crippen LogP contribution in [0.2, 0.25) is 0 Å². The highest BCUT2D eigenvalue weighted by Gasteiger charge is 2.20. The van der Waals surface area contributed by atoms with Crippen molar-refractivity contribution in [1.82, 2.24) is 15.2 Å². The summed E-state index contributed by atoms with van der Waals surface area (Å²) in [6.45, 7) is 9.16. The molecule has 2 heterocycles. The first kappa shape index (κ1) is 19.5. The summed E-state index contributed by atoms with van der Waals surface area (Å²) in [4.78, 5) is 32.4. The van der Waals surface area contributed by atoms with Crippen LogP contribution in [0.4, 0.5) is 9.93 Å². The van der Waals surface area contributed by atoms with Crippen LogP contribution in [0.25, 0.3) is 0 Å². The zero-order valence-corrected chi connectivity index (χ0v) is 16.1. The summed E-state index contributed by atoms with van der Waals surface area (Å²) >= 11 is 1.63. The Morgan fingerprint density at radius 3 is 2.76 bits per heavy atom. The predicted octanol–water partition coefficient (Wildman–Crippen LogP) is 2.49. The minimum Gasteiger partial charge on any atom is -0.444 e. The van der Waals surface area contributed by atoms with Crippen LogP contribution >= 0.6 is 11.3 Å². The fraction of sp³-hybridized carbons (Fsp3) is 0.706. The fourth-order valence-electron chi connectivity index (χ4n) is 2.63. The maximum absolute atomic E-state index is 12.4. The molecule has 2 rings (SSSR count). The molecule has 1 fully saturated rings. The van der Waals surface area contributed by atoms with Gasteiger partial charge in [-0.2, -0.15) is 0 Å². The van der Waals surface area contributed by atoms with Gasteiger partial charge in [0.15, 0.2) is 5.13 Å². The van der Waals surface area contributed by atoms with E-state index in [1.165, 1.54) is 0 Å². The number of hydrogen-bond donors (Lipinski definition) is 1. The quantitative estimate of drug-likeness (QED) is 0.808. The summed E-state index contributed by atoms with van der Waals surface area (Å²) in [6, 6.07) is 0. The Labute approximate surface area is 153 Å². The number of rotatable bonds is 5. The van der Waals surface area contributed by atoms with Crippen LogP contribution in [0, 0.1) is 0 Å². The Bertz CT molecular complexity index is 557. The SMILES string of the molecule is CC(C)(C)OC(=O)NCCCC(=O)N1CCCN(c2nccs2)CC1. The number of ether oxygens (including phenoxy) is 1. The van der Waals surface area contributed by atoms with Crippen LogP contribution in [0.3, 0.4) is 0 Å². The predicted molar refractivity (Wildman–Crippen MR) is 99.0 cm³/mol. The average molecular weight is 369 g/mol. The van der Waals surface area contributed by atoms with Crippen molar-refractivity contribution in [3.63, 3.8) is 0 Å². The first-order chi connectivity index (χ1) is 11.8. The molecule has 0 aliphatic carbocycles. The maximum atomic E-state index is 12.4. The van der Waals surface area contributed by atoms with Gasteiger partial charge in [0.2, 0.25) is 5.91 Å². The van der Waals surface area contributed by atoms with Crippen molar-refractivity contribution < 1.29 is 14.3 Å². The van der Waals surface area contributed by atoms with Crippen molar-refractivity contribution in [1.29, 1.82) is 0 Å². The van der Waals surface area contributed by atoms with Crippen molar-refractivity contribution in [2.75, 3.05) is 37.6 Å². The number of carbonyl (C=O) groups is 2. The summed E-state index contributed by atoms with van der Waals surface area (Å²) < 4.78 is 5.17. The van der Waals surface area contributed by atoms with Gasteiger partial charge in [0.05, 0.1) is 0 Å². The smallest absolute Gasteiger partial charge is 0.407 e. The molecule has 1 N–H and O–H groups in total. The van der Waals surface area contributed by atoms with Crippen molar-refractivity contribution in [3.05, 3.63) is 11.6 Å². The Kier molecular flexibility index (Phi) is 7.04. The molecule has 25 heavy (non-hydrogen) atoms. The molecule has 0 unspecified atom stereocenters. The molecule has 1 saturated heterocycles. The topological polar surface area (TPSA) is 74.8 Å². The summed E-state index contributed by atoms with van der Waals surface area (Å²) in [5.41, 5.74) is -0.505. The summed E-state index contributed by atoms with van der Waals surface area (Å²) in [5, 5.41) is 5.69. The van der Waals surface area contributed by atoms with Crippen LogP contribution in [-0.4, -0.2) is 60.2 Å². The molecule has 1 aromatic rings. The number of hydrogen-bond acceptors (Lipinski definition) is 6. The van der Waals surface area contributed by atoms with E-state index < -0.39 is 11.7 Å². The van der Waals surface area contributed by atoms with Gasteiger partial charge in [0.1, 0.15) is 5.60 Å². The number of nitrogens with zero attached hydrogens (tertiary/aromatic N) is 3. The Morgan fingerprint density at radius 2 is 2.08 bits per heavy atom. The van der Waals surface area contributed by atoms with Gasteiger partial charge in [-0.25, -0.2) is 9.78 Å². The number of carbonyl (C=O) groups excluding carboxylic acids is 2. The van der Waals surface area contributed by atoms with Crippen LogP contribution in [-0.2, 0) is 9.53 Å². The molecule has 0 bridgehead atoms. The summed E-state index contributed by atoms with van der Waals surface area (Å²) in [5.74, 6) is 0.145. The normalized spacial score (nSPS) is 15.6. The van der Waals surface area contributed by atoms with Gasteiger partial charge in [-0.1, -0.05) is 0 Å². The fourth-order valence-corrected chi connectivity index (χ4v) is 3.33. The van der Waals surface area contributed by atoms with E-state index in [1.807, 2.05) is 37.2 Å². The lowest BCUT2D eigenvalue weighted by atomic mass is 10.2. The van der Waals surface area contributed by atoms with E-state index in [4.69, 9.17) is 4.74 Å². The third-order valence-electron chi connectivity index (χ3n) is 3.77. The van der Waals surface area contributed by atoms with E-state index >= 15 is 0 Å². The van der Waals surface area contributed by atoms with Crippen LogP contribution in [0.5, 0.6) is 0 Å². The molecule has 0 spiro atoms. The van der Waals surface area contributed by atoms with Crippen LogP contribution < -0.4 is 10.2 Å². The largest absolute Gasteiger partial charge is 0.444 e. The minimum absolute atomic E-state index is 0.145. The zero-order valence-electron chi connectivity index (χ0n) is 15.3. The minimum atomic E-state index is -0.505. The average Bonchev–Trinajstić information content (AvgIpc) is 2.94. The molecule has 140 valence electrons. The molecule has 8 heteroatoms. The number of thiazole rings is 1. The number of alkyl carbamates (subject to hydrolysis) is 1.